The predicted octanol–water partition coefficient (Wildman–Crippen LogP) is 3.79. The number of benzene rings is 2. The molecule has 0 fully saturated rings. The number of aromatic amines is 1. The number of ether oxygens (including phenoxy) is 2. The van der Waals surface area contributed by atoms with Crippen molar-refractivity contribution in [2.75, 3.05) is 19.1 Å². The van der Waals surface area contributed by atoms with E-state index in [1.165, 1.54) is 11.1 Å². The van der Waals surface area contributed by atoms with E-state index in [0.717, 1.165) is 5.39 Å². The molecule has 2 heterocycles. The van der Waals surface area contributed by atoms with Crippen LogP contribution >= 0.6 is 0 Å². The minimum atomic E-state index is -0.285. The molecule has 0 saturated heterocycles. The first-order valence-corrected chi connectivity index (χ1v) is 9.65. The van der Waals surface area contributed by atoms with Crippen LogP contribution < -0.4 is 19.9 Å². The highest BCUT2D eigenvalue weighted by molar-refractivity contribution is 6.06. The third-order valence-corrected chi connectivity index (χ3v) is 4.99. The van der Waals surface area contributed by atoms with Gasteiger partial charge in [-0.2, -0.15) is 0 Å². The number of pyridine rings is 2. The van der Waals surface area contributed by atoms with Crippen molar-refractivity contribution in [3.05, 3.63) is 94.5 Å². The number of carbonyl (C=O) groups excluding carboxylic acids is 1. The zero-order valence-corrected chi connectivity index (χ0v) is 17.2. The van der Waals surface area contributed by atoms with E-state index in [1.807, 2.05) is 24.3 Å². The molecule has 156 valence electrons. The van der Waals surface area contributed by atoms with Gasteiger partial charge in [0.1, 0.15) is 11.5 Å². The fraction of sp³-hybridized carbons (Fsp3) is 0.125. The maximum atomic E-state index is 13.4. The summed E-state index contributed by atoms with van der Waals surface area (Å²) in [6, 6.07) is 17.8. The molecule has 7 nitrogen and oxygen atoms in total. The third kappa shape index (κ3) is 4.11. The first-order chi connectivity index (χ1) is 15.1. The summed E-state index contributed by atoms with van der Waals surface area (Å²) >= 11 is 0. The monoisotopic (exact) mass is 415 g/mol. The van der Waals surface area contributed by atoms with E-state index in [2.05, 4.69) is 9.97 Å². The van der Waals surface area contributed by atoms with Gasteiger partial charge in [-0.1, -0.05) is 12.1 Å². The molecule has 0 aliphatic rings. The minimum absolute atomic E-state index is 0.0609. The second kappa shape index (κ2) is 8.71. The lowest BCUT2D eigenvalue weighted by atomic mass is 10.1. The Morgan fingerprint density at radius 2 is 1.87 bits per heavy atom. The number of aromatic nitrogens is 2. The van der Waals surface area contributed by atoms with Crippen LogP contribution in [0.5, 0.6) is 11.5 Å². The average Bonchev–Trinajstić information content (AvgIpc) is 2.82. The molecule has 0 saturated carbocycles. The molecule has 0 aliphatic carbocycles. The van der Waals surface area contributed by atoms with E-state index in [0.29, 0.717) is 33.8 Å². The van der Waals surface area contributed by atoms with Crippen molar-refractivity contribution < 1.29 is 14.3 Å². The van der Waals surface area contributed by atoms with E-state index in [-0.39, 0.29) is 18.0 Å². The normalized spacial score (nSPS) is 10.6. The van der Waals surface area contributed by atoms with Crippen molar-refractivity contribution in [1.82, 2.24) is 9.97 Å². The fourth-order valence-corrected chi connectivity index (χ4v) is 3.40. The van der Waals surface area contributed by atoms with Gasteiger partial charge < -0.3 is 19.4 Å². The molecule has 0 unspecified atom stereocenters. The molecular formula is C24H21N3O4. The average molecular weight is 415 g/mol. The van der Waals surface area contributed by atoms with Crippen molar-refractivity contribution in [1.29, 1.82) is 0 Å². The summed E-state index contributed by atoms with van der Waals surface area (Å²) in [5, 5.41) is 0.837. The maximum absolute atomic E-state index is 13.4. The van der Waals surface area contributed by atoms with Gasteiger partial charge in [-0.05, 0) is 47.9 Å². The third-order valence-electron chi connectivity index (χ3n) is 4.99. The van der Waals surface area contributed by atoms with Gasteiger partial charge in [0.05, 0.1) is 37.5 Å². The van der Waals surface area contributed by atoms with Gasteiger partial charge in [0.15, 0.2) is 0 Å². The van der Waals surface area contributed by atoms with Crippen molar-refractivity contribution in [2.24, 2.45) is 0 Å². The van der Waals surface area contributed by atoms with Gasteiger partial charge in [0.25, 0.3) is 11.5 Å². The van der Waals surface area contributed by atoms with E-state index in [4.69, 9.17) is 9.47 Å². The van der Waals surface area contributed by atoms with Crippen LogP contribution in [-0.4, -0.2) is 30.1 Å². The Hall–Kier alpha value is -4.13. The van der Waals surface area contributed by atoms with Crippen LogP contribution in [-0.2, 0) is 6.54 Å². The second-order valence-electron chi connectivity index (χ2n) is 6.88. The number of anilines is 1. The van der Waals surface area contributed by atoms with Crippen LogP contribution in [0.3, 0.4) is 0 Å². The number of hydrogen-bond acceptors (Lipinski definition) is 5. The number of H-pyrrole nitrogens is 1. The van der Waals surface area contributed by atoms with Crippen molar-refractivity contribution >= 4 is 22.5 Å². The number of hydrogen-bond donors (Lipinski definition) is 1. The maximum Gasteiger partial charge on any atom is 0.260 e. The zero-order valence-electron chi connectivity index (χ0n) is 17.2. The predicted molar refractivity (Wildman–Crippen MR) is 119 cm³/mol. The van der Waals surface area contributed by atoms with Crippen molar-refractivity contribution in [3.8, 4) is 11.5 Å². The molecule has 1 amide bonds. The number of fused-ring (bicyclic) bond motifs is 1. The minimum Gasteiger partial charge on any atom is -0.497 e. The molecule has 0 radical (unpaired) electrons. The highest BCUT2D eigenvalue weighted by Crippen LogP contribution is 2.30. The molecule has 4 rings (SSSR count). The zero-order chi connectivity index (χ0) is 21.8. The summed E-state index contributed by atoms with van der Waals surface area (Å²) in [6.45, 7) is 0.0609. The lowest BCUT2D eigenvalue weighted by Crippen LogP contribution is -2.33. The summed E-state index contributed by atoms with van der Waals surface area (Å²) in [5.74, 6) is 0.895. The number of amides is 1. The molecule has 0 aliphatic heterocycles. The van der Waals surface area contributed by atoms with Gasteiger partial charge in [-0.25, -0.2) is 0 Å². The van der Waals surface area contributed by atoms with Crippen LogP contribution in [0.2, 0.25) is 0 Å². The summed E-state index contributed by atoms with van der Waals surface area (Å²) in [6.07, 6.45) is 3.11. The van der Waals surface area contributed by atoms with Gasteiger partial charge in [0, 0.05) is 24.0 Å². The summed E-state index contributed by atoms with van der Waals surface area (Å²) in [4.78, 5) is 34.7. The van der Waals surface area contributed by atoms with Gasteiger partial charge >= 0.3 is 0 Å². The molecule has 7 heteroatoms. The Morgan fingerprint density at radius 3 is 2.61 bits per heavy atom. The van der Waals surface area contributed by atoms with Crippen LogP contribution in [0.4, 0.5) is 5.69 Å². The summed E-state index contributed by atoms with van der Waals surface area (Å²) in [5.41, 5.74) is 1.81. The Bertz CT molecular complexity index is 1290. The van der Waals surface area contributed by atoms with Crippen molar-refractivity contribution in [2.45, 2.75) is 6.54 Å². The molecule has 0 spiro atoms. The highest BCUT2D eigenvalue weighted by Gasteiger charge is 2.22. The molecule has 2 aromatic heterocycles. The van der Waals surface area contributed by atoms with E-state index < -0.39 is 0 Å². The molecule has 31 heavy (non-hydrogen) atoms. The molecule has 2 aromatic carbocycles. The summed E-state index contributed by atoms with van der Waals surface area (Å²) < 4.78 is 10.7. The number of para-hydroxylation sites is 2. The molecular weight excluding hydrogens is 394 g/mol. The fourth-order valence-electron chi connectivity index (χ4n) is 3.40. The van der Waals surface area contributed by atoms with Crippen LogP contribution in [0.1, 0.15) is 15.9 Å². The smallest absolute Gasteiger partial charge is 0.260 e. The van der Waals surface area contributed by atoms with E-state index in [9.17, 15) is 9.59 Å². The lowest BCUT2D eigenvalue weighted by molar-refractivity contribution is 0.0984. The van der Waals surface area contributed by atoms with E-state index >= 15 is 0 Å². The molecule has 0 bridgehead atoms. The van der Waals surface area contributed by atoms with Gasteiger partial charge in [0.2, 0.25) is 0 Å². The standard InChI is InChI=1S/C24H21N3O4/c1-30-19-10-9-16-12-18(23(28)26-20(16)13-19)15-27(21-7-3-4-8-22(21)31-2)24(29)17-6-5-11-25-14-17/h3-14H,15H2,1-2H3,(H,26,28). The SMILES string of the molecule is COc1ccc2cc(CN(C(=O)c3cccnc3)c3ccccc3OC)c(=O)[nH]c2c1. The first-order valence-electron chi connectivity index (χ1n) is 9.65. The Labute approximate surface area is 178 Å². The van der Waals surface area contributed by atoms with Gasteiger partial charge in [-0.3, -0.25) is 14.6 Å². The van der Waals surface area contributed by atoms with Crippen LogP contribution in [0.15, 0.2) is 77.9 Å². The number of nitrogens with zero attached hydrogens (tertiary/aromatic N) is 2. The molecule has 1 N–H and O–H groups in total. The quantitative estimate of drug-likeness (QED) is 0.518. The Balaban J connectivity index is 1.80. The second-order valence-corrected chi connectivity index (χ2v) is 6.88. The molecule has 0 atom stereocenters. The number of rotatable bonds is 6. The first kappa shape index (κ1) is 20.2. The topological polar surface area (TPSA) is 84.5 Å². The highest BCUT2D eigenvalue weighted by atomic mass is 16.5. The lowest BCUT2D eigenvalue weighted by Gasteiger charge is -2.24. The number of carbonyl (C=O) groups is 1. The summed E-state index contributed by atoms with van der Waals surface area (Å²) in [7, 11) is 3.12. The Morgan fingerprint density at radius 1 is 1.03 bits per heavy atom. The van der Waals surface area contributed by atoms with Gasteiger partial charge in [-0.15, -0.1) is 0 Å². The number of nitrogens with one attached hydrogen (secondary N) is 1. The Kier molecular flexibility index (Phi) is 5.66. The molecule has 4 aromatic rings. The van der Waals surface area contributed by atoms with Crippen LogP contribution in [0, 0.1) is 0 Å². The van der Waals surface area contributed by atoms with Crippen LogP contribution in [0.25, 0.3) is 10.9 Å². The van der Waals surface area contributed by atoms with E-state index in [1.54, 1.807) is 56.8 Å². The number of methoxy groups -OCH3 is 2. The largest absolute Gasteiger partial charge is 0.497 e. The van der Waals surface area contributed by atoms with Crippen molar-refractivity contribution in [3.63, 3.8) is 0 Å².